The molecule has 3 atom stereocenters. The molecule has 35 heavy (non-hydrogen) atoms. The molecule has 188 valence electrons. The first kappa shape index (κ1) is 25.2. The molecule has 0 aliphatic carbocycles. The van der Waals surface area contributed by atoms with Gasteiger partial charge in [-0.2, -0.15) is 0 Å². The van der Waals surface area contributed by atoms with Crippen LogP contribution in [0.2, 0.25) is 0 Å². The molecule has 0 spiro atoms. The van der Waals surface area contributed by atoms with Gasteiger partial charge in [-0.05, 0) is 50.5 Å². The van der Waals surface area contributed by atoms with Crippen LogP contribution < -0.4 is 4.74 Å². The summed E-state index contributed by atoms with van der Waals surface area (Å²) in [5, 5.41) is 1.36. The Morgan fingerprint density at radius 3 is 2.00 bits per heavy atom. The van der Waals surface area contributed by atoms with Gasteiger partial charge in [-0.25, -0.2) is 0 Å². The van der Waals surface area contributed by atoms with Crippen molar-refractivity contribution in [1.82, 2.24) is 5.23 Å². The molecule has 0 unspecified atom stereocenters. The van der Waals surface area contributed by atoms with Crippen LogP contribution in [0.3, 0.4) is 0 Å². The Bertz CT molecular complexity index is 1050. The van der Waals surface area contributed by atoms with Gasteiger partial charge in [0.15, 0.2) is 5.41 Å². The summed E-state index contributed by atoms with van der Waals surface area (Å²) in [5.74, 6) is -1.03. The van der Waals surface area contributed by atoms with Crippen molar-refractivity contribution < 1.29 is 33.5 Å². The zero-order valence-corrected chi connectivity index (χ0v) is 21.1. The minimum atomic E-state index is -1.74. The third-order valence-electron chi connectivity index (χ3n) is 7.42. The highest BCUT2D eigenvalue weighted by Crippen LogP contribution is 2.61. The first-order chi connectivity index (χ1) is 16.6. The average molecular weight is 484 g/mol. The van der Waals surface area contributed by atoms with Crippen molar-refractivity contribution in [2.45, 2.75) is 56.8 Å². The summed E-state index contributed by atoms with van der Waals surface area (Å²) < 4.78 is 15.9. The summed E-state index contributed by atoms with van der Waals surface area (Å²) in [6, 6.07) is 17.0. The SMILES string of the molecule is COC(=O)C1(C(=O)OC)C[C@@H](c2ccccc2)ON2OC(C)(C)C[C@@H](c3ccc(OC)cc3)[C@@]21C. The van der Waals surface area contributed by atoms with Crippen LogP contribution >= 0.6 is 0 Å². The van der Waals surface area contributed by atoms with Gasteiger partial charge in [0, 0.05) is 12.3 Å². The topological polar surface area (TPSA) is 83.5 Å². The summed E-state index contributed by atoms with van der Waals surface area (Å²) in [6.07, 6.45) is -0.103. The van der Waals surface area contributed by atoms with E-state index in [1.54, 1.807) is 7.11 Å². The molecule has 2 saturated heterocycles. The molecule has 8 nitrogen and oxygen atoms in total. The standard InChI is InChI=1S/C27H33NO7/c1-25(2)16-21(18-12-14-20(31-4)15-13-18)26(3)27(23(29)32-5,24(30)33-6)17-22(34-28(26)35-25)19-10-8-7-9-11-19/h7-15,21-22H,16-17H2,1-6H3/t21-,22-,26+/m0/s1. The highest BCUT2D eigenvalue weighted by atomic mass is 17.0. The van der Waals surface area contributed by atoms with E-state index in [2.05, 4.69) is 0 Å². The molecule has 0 N–H and O–H groups in total. The van der Waals surface area contributed by atoms with Gasteiger partial charge < -0.3 is 14.2 Å². The summed E-state index contributed by atoms with van der Waals surface area (Å²) >= 11 is 0. The number of hydrogen-bond donors (Lipinski definition) is 0. The second-order valence-electron chi connectivity index (χ2n) is 9.88. The predicted octanol–water partition coefficient (Wildman–Crippen LogP) is 4.36. The number of carbonyl (C=O) groups is 2. The van der Waals surface area contributed by atoms with E-state index >= 15 is 0 Å². The van der Waals surface area contributed by atoms with E-state index in [0.717, 1.165) is 11.1 Å². The molecule has 0 aromatic heterocycles. The van der Waals surface area contributed by atoms with Crippen molar-refractivity contribution in [3.8, 4) is 5.75 Å². The number of methoxy groups -OCH3 is 3. The maximum absolute atomic E-state index is 13.7. The van der Waals surface area contributed by atoms with Crippen LogP contribution in [0.4, 0.5) is 0 Å². The van der Waals surface area contributed by atoms with E-state index < -0.39 is 34.6 Å². The molecule has 2 heterocycles. The molecule has 2 aromatic carbocycles. The van der Waals surface area contributed by atoms with Gasteiger partial charge in [-0.15, -0.1) is 0 Å². The second-order valence-corrected chi connectivity index (χ2v) is 9.88. The molecule has 0 bridgehead atoms. The van der Waals surface area contributed by atoms with Gasteiger partial charge in [0.05, 0.1) is 26.9 Å². The molecule has 0 saturated carbocycles. The summed E-state index contributed by atoms with van der Waals surface area (Å²) in [6.45, 7) is 5.72. The van der Waals surface area contributed by atoms with Gasteiger partial charge >= 0.3 is 11.9 Å². The average Bonchev–Trinajstić information content (AvgIpc) is 2.87. The Kier molecular flexibility index (Phi) is 6.66. The zero-order chi connectivity index (χ0) is 25.4. The third kappa shape index (κ3) is 3.99. The van der Waals surface area contributed by atoms with Gasteiger partial charge in [-0.3, -0.25) is 19.3 Å². The second kappa shape index (κ2) is 9.26. The number of carbonyl (C=O) groups excluding carboxylic acids is 2. The lowest BCUT2D eigenvalue weighted by molar-refractivity contribution is -0.505. The summed E-state index contributed by atoms with van der Waals surface area (Å²) in [7, 11) is 4.17. The smallest absolute Gasteiger partial charge is 0.325 e. The maximum Gasteiger partial charge on any atom is 0.325 e. The predicted molar refractivity (Wildman–Crippen MR) is 127 cm³/mol. The van der Waals surface area contributed by atoms with Crippen LogP contribution in [0.5, 0.6) is 5.75 Å². The van der Waals surface area contributed by atoms with Gasteiger partial charge in [-0.1, -0.05) is 47.7 Å². The number of hydroxylamine groups is 2. The quantitative estimate of drug-likeness (QED) is 0.458. The van der Waals surface area contributed by atoms with E-state index in [1.165, 1.54) is 19.4 Å². The molecule has 2 aliphatic rings. The maximum atomic E-state index is 13.7. The normalized spacial score (nSPS) is 27.4. The number of esters is 2. The largest absolute Gasteiger partial charge is 0.497 e. The number of fused-ring (bicyclic) bond motifs is 1. The molecule has 4 rings (SSSR count). The van der Waals surface area contributed by atoms with Gasteiger partial charge in [0.2, 0.25) is 0 Å². The van der Waals surface area contributed by atoms with Crippen LogP contribution in [-0.4, -0.2) is 49.6 Å². The minimum absolute atomic E-state index is 0.0276. The van der Waals surface area contributed by atoms with Crippen molar-refractivity contribution in [2.75, 3.05) is 21.3 Å². The van der Waals surface area contributed by atoms with E-state index in [1.807, 2.05) is 75.4 Å². The Morgan fingerprint density at radius 2 is 1.46 bits per heavy atom. The van der Waals surface area contributed by atoms with Crippen molar-refractivity contribution in [2.24, 2.45) is 5.41 Å². The zero-order valence-electron chi connectivity index (χ0n) is 21.1. The van der Waals surface area contributed by atoms with Gasteiger partial charge in [0.1, 0.15) is 17.4 Å². The van der Waals surface area contributed by atoms with Crippen LogP contribution in [0.1, 0.15) is 56.8 Å². The minimum Gasteiger partial charge on any atom is -0.497 e. The number of hydrogen-bond acceptors (Lipinski definition) is 8. The molecular formula is C27H33NO7. The number of ether oxygens (including phenoxy) is 3. The van der Waals surface area contributed by atoms with Crippen molar-refractivity contribution in [3.63, 3.8) is 0 Å². The van der Waals surface area contributed by atoms with Crippen molar-refractivity contribution >= 4 is 11.9 Å². The Hall–Kier alpha value is -2.94. The van der Waals surface area contributed by atoms with Gasteiger partial charge in [0.25, 0.3) is 0 Å². The van der Waals surface area contributed by atoms with Crippen molar-refractivity contribution in [1.29, 1.82) is 0 Å². The third-order valence-corrected chi connectivity index (χ3v) is 7.42. The lowest BCUT2D eigenvalue weighted by Crippen LogP contribution is -2.74. The molecule has 8 heteroatoms. The van der Waals surface area contributed by atoms with E-state index in [-0.39, 0.29) is 12.3 Å². The van der Waals surface area contributed by atoms with Crippen LogP contribution in [0, 0.1) is 5.41 Å². The Labute approximate surface area is 206 Å². The summed E-state index contributed by atoms with van der Waals surface area (Å²) in [4.78, 5) is 40.1. The fraction of sp³-hybridized carbons (Fsp3) is 0.481. The highest BCUT2D eigenvalue weighted by molar-refractivity contribution is 6.02. The fourth-order valence-corrected chi connectivity index (χ4v) is 5.53. The van der Waals surface area contributed by atoms with Crippen LogP contribution in [-0.2, 0) is 28.7 Å². The Balaban J connectivity index is 1.95. The molecule has 2 aliphatic heterocycles. The highest BCUT2D eigenvalue weighted by Gasteiger charge is 2.73. The first-order valence-corrected chi connectivity index (χ1v) is 11.6. The van der Waals surface area contributed by atoms with E-state index in [0.29, 0.717) is 12.2 Å². The number of rotatable bonds is 5. The molecule has 0 radical (unpaired) electrons. The summed E-state index contributed by atoms with van der Waals surface area (Å²) in [5.41, 5.74) is -1.96. The monoisotopic (exact) mass is 483 g/mol. The van der Waals surface area contributed by atoms with Crippen LogP contribution in [0.25, 0.3) is 0 Å². The molecule has 2 aromatic rings. The van der Waals surface area contributed by atoms with Crippen LogP contribution in [0.15, 0.2) is 54.6 Å². The Morgan fingerprint density at radius 1 is 0.857 bits per heavy atom. The molecule has 0 amide bonds. The number of benzene rings is 2. The lowest BCUT2D eigenvalue weighted by Gasteiger charge is -2.61. The molecular weight excluding hydrogens is 450 g/mol. The lowest BCUT2D eigenvalue weighted by atomic mass is 9.57. The van der Waals surface area contributed by atoms with E-state index in [9.17, 15) is 9.59 Å². The first-order valence-electron chi connectivity index (χ1n) is 11.6. The van der Waals surface area contributed by atoms with Crippen molar-refractivity contribution in [3.05, 3.63) is 65.7 Å². The number of nitrogens with zero attached hydrogens (tertiary/aromatic N) is 1. The fourth-order valence-electron chi connectivity index (χ4n) is 5.53. The van der Waals surface area contributed by atoms with E-state index in [4.69, 9.17) is 23.9 Å². The molecule has 2 fully saturated rings.